The van der Waals surface area contributed by atoms with Crippen molar-refractivity contribution in [2.75, 3.05) is 25.0 Å². The van der Waals surface area contributed by atoms with Crippen molar-refractivity contribution in [2.45, 2.75) is 32.6 Å². The molecule has 0 bridgehead atoms. The number of carbonyl (C=O) groups is 1. The summed E-state index contributed by atoms with van der Waals surface area (Å²) in [6, 6.07) is 11.8. The van der Waals surface area contributed by atoms with Gasteiger partial charge in [0.1, 0.15) is 11.6 Å². The number of pyridine rings is 1. The monoisotopic (exact) mass is 377 g/mol. The summed E-state index contributed by atoms with van der Waals surface area (Å²) in [5.74, 6) is 2.62. The summed E-state index contributed by atoms with van der Waals surface area (Å²) in [6.45, 7) is 4.75. The fourth-order valence-electron chi connectivity index (χ4n) is 3.62. The third-order valence-corrected chi connectivity index (χ3v) is 5.42. The average Bonchev–Trinajstić information content (AvgIpc) is 3.15. The first kappa shape index (κ1) is 18.5. The van der Waals surface area contributed by atoms with Crippen molar-refractivity contribution in [3.63, 3.8) is 0 Å². The number of hydrogen-bond acceptors (Lipinski definition) is 4. The Labute approximate surface area is 165 Å². The number of aromatic amines is 1. The van der Waals surface area contributed by atoms with E-state index in [2.05, 4.69) is 27.2 Å². The number of imidazole rings is 1. The number of benzene rings is 1. The fraction of sp³-hybridized carbons (Fsp3) is 0.409. The number of nitrogens with zero attached hydrogens (tertiary/aromatic N) is 3. The predicted octanol–water partition coefficient (Wildman–Crippen LogP) is 3.87. The molecule has 0 atom stereocenters. The van der Waals surface area contributed by atoms with Gasteiger partial charge in [0.25, 0.3) is 5.91 Å². The lowest BCUT2D eigenvalue weighted by Gasteiger charge is -2.30. The number of aryl methyl sites for hydroxylation is 1. The van der Waals surface area contributed by atoms with Crippen LogP contribution in [0.1, 0.15) is 42.4 Å². The number of nitrogens with one attached hydrogen (secondary N) is 2. The minimum atomic E-state index is 0.0934. The van der Waals surface area contributed by atoms with Crippen LogP contribution < -0.4 is 5.32 Å². The van der Waals surface area contributed by atoms with E-state index in [0.29, 0.717) is 11.5 Å². The molecule has 1 aliphatic heterocycles. The highest BCUT2D eigenvalue weighted by atomic mass is 16.2. The highest BCUT2D eigenvalue weighted by Crippen LogP contribution is 2.18. The Balaban J connectivity index is 1.24. The van der Waals surface area contributed by atoms with Gasteiger partial charge < -0.3 is 15.2 Å². The van der Waals surface area contributed by atoms with Crippen molar-refractivity contribution in [2.24, 2.45) is 5.92 Å². The van der Waals surface area contributed by atoms with Crippen molar-refractivity contribution < 1.29 is 4.79 Å². The molecular formula is C22H27N5O. The molecule has 3 heterocycles. The van der Waals surface area contributed by atoms with Crippen LogP contribution in [0.25, 0.3) is 11.0 Å². The van der Waals surface area contributed by atoms with E-state index >= 15 is 0 Å². The maximum absolute atomic E-state index is 12.6. The van der Waals surface area contributed by atoms with Gasteiger partial charge in [0.05, 0.1) is 16.6 Å². The van der Waals surface area contributed by atoms with E-state index < -0.39 is 0 Å². The summed E-state index contributed by atoms with van der Waals surface area (Å²) in [5, 5.41) is 3.32. The van der Waals surface area contributed by atoms with Crippen LogP contribution in [-0.2, 0) is 6.42 Å². The minimum absolute atomic E-state index is 0.0934. The summed E-state index contributed by atoms with van der Waals surface area (Å²) < 4.78 is 0. The van der Waals surface area contributed by atoms with Gasteiger partial charge >= 0.3 is 0 Å². The molecule has 1 aliphatic rings. The summed E-state index contributed by atoms with van der Waals surface area (Å²) in [4.78, 5) is 26.9. The van der Waals surface area contributed by atoms with E-state index in [1.165, 1.54) is 0 Å². The molecule has 6 heteroatoms. The minimum Gasteiger partial charge on any atom is -0.370 e. The predicted molar refractivity (Wildman–Crippen MR) is 111 cm³/mol. The van der Waals surface area contributed by atoms with Crippen LogP contribution >= 0.6 is 0 Å². The van der Waals surface area contributed by atoms with Crippen LogP contribution in [0, 0.1) is 5.92 Å². The highest BCUT2D eigenvalue weighted by molar-refractivity contribution is 5.94. The molecule has 0 spiro atoms. The normalized spacial score (nSPS) is 15.1. The Morgan fingerprint density at radius 2 is 2.04 bits per heavy atom. The maximum Gasteiger partial charge on any atom is 0.255 e. The standard InChI is InChI=1S/C22H27N5O/c1-16-10-13-27(14-11-16)22(28)17-8-9-20(24-15-17)23-12-4-7-21-25-18-5-2-3-6-19(18)26-21/h2-3,5-6,8-9,15-16H,4,7,10-14H2,1H3,(H,23,24)(H,25,26). The molecule has 0 aliphatic carbocycles. The molecule has 1 saturated heterocycles. The Kier molecular flexibility index (Phi) is 5.55. The van der Waals surface area contributed by atoms with E-state index in [1.807, 2.05) is 41.3 Å². The van der Waals surface area contributed by atoms with Crippen LogP contribution in [0.3, 0.4) is 0 Å². The number of piperidine rings is 1. The molecule has 2 N–H and O–H groups in total. The molecule has 146 valence electrons. The van der Waals surface area contributed by atoms with Crippen molar-refractivity contribution in [3.05, 3.63) is 54.0 Å². The number of rotatable bonds is 6. The highest BCUT2D eigenvalue weighted by Gasteiger charge is 2.21. The van der Waals surface area contributed by atoms with E-state index in [9.17, 15) is 4.79 Å². The second-order valence-electron chi connectivity index (χ2n) is 7.64. The molecule has 1 aromatic carbocycles. The number of aromatic nitrogens is 3. The Bertz CT molecular complexity index is 893. The van der Waals surface area contributed by atoms with Gasteiger partial charge in [0.15, 0.2) is 0 Å². The number of likely N-dealkylation sites (tertiary alicyclic amines) is 1. The van der Waals surface area contributed by atoms with Crippen LogP contribution in [0.15, 0.2) is 42.6 Å². The fourth-order valence-corrected chi connectivity index (χ4v) is 3.62. The second-order valence-corrected chi connectivity index (χ2v) is 7.64. The zero-order chi connectivity index (χ0) is 19.3. The van der Waals surface area contributed by atoms with Crippen LogP contribution in [0.5, 0.6) is 0 Å². The summed E-state index contributed by atoms with van der Waals surface area (Å²) in [6.07, 6.45) is 5.69. The lowest BCUT2D eigenvalue weighted by Crippen LogP contribution is -2.37. The average molecular weight is 377 g/mol. The van der Waals surface area contributed by atoms with E-state index in [1.54, 1.807) is 6.20 Å². The number of amides is 1. The zero-order valence-corrected chi connectivity index (χ0v) is 16.3. The molecule has 28 heavy (non-hydrogen) atoms. The first-order chi connectivity index (χ1) is 13.7. The van der Waals surface area contributed by atoms with Gasteiger partial charge in [-0.15, -0.1) is 0 Å². The molecule has 0 unspecified atom stereocenters. The number of H-pyrrole nitrogens is 1. The van der Waals surface area contributed by atoms with Crippen molar-refractivity contribution in [3.8, 4) is 0 Å². The molecule has 1 amide bonds. The topological polar surface area (TPSA) is 73.9 Å². The first-order valence-electron chi connectivity index (χ1n) is 10.1. The Morgan fingerprint density at radius 3 is 2.79 bits per heavy atom. The molecular weight excluding hydrogens is 350 g/mol. The molecule has 1 fully saturated rings. The number of hydrogen-bond donors (Lipinski definition) is 2. The van der Waals surface area contributed by atoms with Gasteiger partial charge in [-0.05, 0) is 49.4 Å². The number of carbonyl (C=O) groups excluding carboxylic acids is 1. The van der Waals surface area contributed by atoms with Crippen molar-refractivity contribution in [1.29, 1.82) is 0 Å². The van der Waals surface area contributed by atoms with Gasteiger partial charge in [-0.25, -0.2) is 9.97 Å². The van der Waals surface area contributed by atoms with Gasteiger partial charge in [-0.2, -0.15) is 0 Å². The van der Waals surface area contributed by atoms with E-state index in [0.717, 1.165) is 68.0 Å². The Hall–Kier alpha value is -2.89. The summed E-state index contributed by atoms with van der Waals surface area (Å²) in [5.41, 5.74) is 2.76. The molecule has 3 aromatic rings. The van der Waals surface area contributed by atoms with Gasteiger partial charge in [-0.3, -0.25) is 4.79 Å². The van der Waals surface area contributed by atoms with Crippen molar-refractivity contribution in [1.82, 2.24) is 19.9 Å². The third kappa shape index (κ3) is 4.32. The van der Waals surface area contributed by atoms with Crippen LogP contribution in [0.4, 0.5) is 5.82 Å². The van der Waals surface area contributed by atoms with Gasteiger partial charge in [0.2, 0.25) is 0 Å². The number of anilines is 1. The first-order valence-corrected chi connectivity index (χ1v) is 10.1. The van der Waals surface area contributed by atoms with Gasteiger partial charge in [0, 0.05) is 32.3 Å². The number of para-hydroxylation sites is 2. The lowest BCUT2D eigenvalue weighted by atomic mass is 9.99. The second kappa shape index (κ2) is 8.42. The molecule has 0 saturated carbocycles. The summed E-state index contributed by atoms with van der Waals surface area (Å²) >= 11 is 0. The Morgan fingerprint density at radius 1 is 1.21 bits per heavy atom. The van der Waals surface area contributed by atoms with Crippen LogP contribution in [0.2, 0.25) is 0 Å². The smallest absolute Gasteiger partial charge is 0.255 e. The quantitative estimate of drug-likeness (QED) is 0.640. The maximum atomic E-state index is 12.6. The van der Waals surface area contributed by atoms with Gasteiger partial charge in [-0.1, -0.05) is 19.1 Å². The lowest BCUT2D eigenvalue weighted by molar-refractivity contribution is 0.0697. The SMILES string of the molecule is CC1CCN(C(=O)c2ccc(NCCCc3nc4ccccc4[nH]3)nc2)CC1. The number of fused-ring (bicyclic) bond motifs is 1. The third-order valence-electron chi connectivity index (χ3n) is 5.42. The molecule has 2 aromatic heterocycles. The molecule has 4 rings (SSSR count). The van der Waals surface area contributed by atoms with Crippen LogP contribution in [-0.4, -0.2) is 45.4 Å². The molecule has 6 nitrogen and oxygen atoms in total. The van der Waals surface area contributed by atoms with E-state index in [-0.39, 0.29) is 5.91 Å². The molecule has 0 radical (unpaired) electrons. The largest absolute Gasteiger partial charge is 0.370 e. The van der Waals surface area contributed by atoms with Crippen molar-refractivity contribution >= 4 is 22.8 Å². The summed E-state index contributed by atoms with van der Waals surface area (Å²) in [7, 11) is 0. The zero-order valence-electron chi connectivity index (χ0n) is 16.3. The van der Waals surface area contributed by atoms with E-state index in [4.69, 9.17) is 0 Å².